The molecule has 1 heterocycles. The Morgan fingerprint density at radius 3 is 2.74 bits per heavy atom. The van der Waals surface area contributed by atoms with Crippen LogP contribution < -0.4 is 0 Å². The molecule has 0 saturated heterocycles. The normalized spacial score (nSPS) is 11.9. The molecule has 2 nitrogen and oxygen atoms in total. The van der Waals surface area contributed by atoms with Gasteiger partial charge >= 0.3 is 0 Å². The first-order valence-corrected chi connectivity index (χ1v) is 7.11. The first-order valence-electron chi connectivity index (χ1n) is 7.11. The number of H-pyrrole nitrogens is 1. The van der Waals surface area contributed by atoms with Gasteiger partial charge in [-0.3, -0.25) is 0 Å². The molecular formula is C16H23FN2. The molecule has 0 spiro atoms. The summed E-state index contributed by atoms with van der Waals surface area (Å²) in [6.45, 7) is 8.80. The standard InChI is InChI=1S/C16H23FN2/c1-4-8-19(12(2)3)9-7-13-11-18-16-6-5-14(17)10-15(13)16/h5-6,10-12,18H,4,7-9H2,1-3H3. The van der Waals surface area contributed by atoms with Crippen molar-refractivity contribution in [1.29, 1.82) is 0 Å². The third-order valence-electron chi connectivity index (χ3n) is 3.64. The molecule has 0 bridgehead atoms. The Kier molecular flexibility index (Phi) is 4.59. The number of aromatic nitrogens is 1. The molecule has 104 valence electrons. The third kappa shape index (κ3) is 3.35. The summed E-state index contributed by atoms with van der Waals surface area (Å²) in [5.74, 6) is -0.164. The molecule has 0 aliphatic rings. The smallest absolute Gasteiger partial charge is 0.123 e. The Labute approximate surface area is 114 Å². The molecule has 2 aromatic rings. The van der Waals surface area contributed by atoms with Crippen molar-refractivity contribution in [3.63, 3.8) is 0 Å². The molecule has 2 rings (SSSR count). The minimum Gasteiger partial charge on any atom is -0.361 e. The highest BCUT2D eigenvalue weighted by molar-refractivity contribution is 5.83. The Hall–Kier alpha value is -1.35. The van der Waals surface area contributed by atoms with Crippen LogP contribution in [0, 0.1) is 5.82 Å². The Morgan fingerprint density at radius 1 is 1.26 bits per heavy atom. The molecule has 19 heavy (non-hydrogen) atoms. The van der Waals surface area contributed by atoms with Crippen molar-refractivity contribution in [2.45, 2.75) is 39.7 Å². The van der Waals surface area contributed by atoms with Crippen molar-refractivity contribution < 1.29 is 4.39 Å². The van der Waals surface area contributed by atoms with E-state index in [1.54, 1.807) is 12.1 Å². The fourth-order valence-corrected chi connectivity index (χ4v) is 2.54. The lowest BCUT2D eigenvalue weighted by molar-refractivity contribution is 0.225. The van der Waals surface area contributed by atoms with Crippen LogP contribution in [0.2, 0.25) is 0 Å². The molecule has 0 unspecified atom stereocenters. The number of fused-ring (bicyclic) bond motifs is 1. The highest BCUT2D eigenvalue weighted by Crippen LogP contribution is 2.20. The number of nitrogens with one attached hydrogen (secondary N) is 1. The zero-order valence-corrected chi connectivity index (χ0v) is 12.0. The van der Waals surface area contributed by atoms with E-state index in [-0.39, 0.29) is 5.82 Å². The molecule has 1 aromatic carbocycles. The number of nitrogens with zero attached hydrogens (tertiary/aromatic N) is 1. The number of rotatable bonds is 6. The Morgan fingerprint density at radius 2 is 2.05 bits per heavy atom. The molecule has 0 aliphatic carbocycles. The minimum absolute atomic E-state index is 0.164. The van der Waals surface area contributed by atoms with Crippen molar-refractivity contribution >= 4 is 10.9 Å². The molecular weight excluding hydrogens is 239 g/mol. The van der Waals surface area contributed by atoms with Gasteiger partial charge in [0.25, 0.3) is 0 Å². The van der Waals surface area contributed by atoms with Crippen LogP contribution in [-0.2, 0) is 6.42 Å². The predicted molar refractivity (Wildman–Crippen MR) is 79.0 cm³/mol. The van der Waals surface area contributed by atoms with Gasteiger partial charge in [-0.2, -0.15) is 0 Å². The molecule has 1 aromatic heterocycles. The summed E-state index contributed by atoms with van der Waals surface area (Å²) in [4.78, 5) is 5.69. The highest BCUT2D eigenvalue weighted by atomic mass is 19.1. The van der Waals surface area contributed by atoms with Crippen LogP contribution in [0.1, 0.15) is 32.8 Å². The molecule has 0 aliphatic heterocycles. The van der Waals surface area contributed by atoms with Gasteiger partial charge in [-0.1, -0.05) is 6.92 Å². The van der Waals surface area contributed by atoms with Gasteiger partial charge in [0, 0.05) is 29.7 Å². The molecule has 0 amide bonds. The van der Waals surface area contributed by atoms with E-state index in [9.17, 15) is 4.39 Å². The van der Waals surface area contributed by atoms with E-state index in [1.165, 1.54) is 18.1 Å². The first-order chi connectivity index (χ1) is 9.11. The second kappa shape index (κ2) is 6.20. The zero-order chi connectivity index (χ0) is 13.8. The summed E-state index contributed by atoms with van der Waals surface area (Å²) < 4.78 is 13.3. The summed E-state index contributed by atoms with van der Waals surface area (Å²) in [7, 11) is 0. The minimum atomic E-state index is -0.164. The van der Waals surface area contributed by atoms with E-state index in [0.717, 1.165) is 30.4 Å². The fourth-order valence-electron chi connectivity index (χ4n) is 2.54. The fraction of sp³-hybridized carbons (Fsp3) is 0.500. The van der Waals surface area contributed by atoms with E-state index >= 15 is 0 Å². The number of halogens is 1. The van der Waals surface area contributed by atoms with E-state index in [1.807, 2.05) is 6.20 Å². The van der Waals surface area contributed by atoms with Gasteiger partial charge < -0.3 is 9.88 Å². The lowest BCUT2D eigenvalue weighted by atomic mass is 10.1. The maximum absolute atomic E-state index is 13.3. The van der Waals surface area contributed by atoms with Crippen LogP contribution in [0.15, 0.2) is 24.4 Å². The van der Waals surface area contributed by atoms with Crippen LogP contribution >= 0.6 is 0 Å². The molecule has 0 atom stereocenters. The van der Waals surface area contributed by atoms with Crippen LogP contribution in [0.4, 0.5) is 4.39 Å². The highest BCUT2D eigenvalue weighted by Gasteiger charge is 2.10. The number of hydrogen-bond acceptors (Lipinski definition) is 1. The van der Waals surface area contributed by atoms with Gasteiger partial charge in [-0.15, -0.1) is 0 Å². The monoisotopic (exact) mass is 262 g/mol. The third-order valence-corrected chi connectivity index (χ3v) is 3.64. The average Bonchev–Trinajstić information content (AvgIpc) is 2.76. The van der Waals surface area contributed by atoms with Crippen LogP contribution in [0.25, 0.3) is 10.9 Å². The first kappa shape index (κ1) is 14.1. The summed E-state index contributed by atoms with van der Waals surface area (Å²) in [5.41, 5.74) is 2.22. The van der Waals surface area contributed by atoms with Crippen LogP contribution in [0.3, 0.4) is 0 Å². The topological polar surface area (TPSA) is 19.0 Å². The van der Waals surface area contributed by atoms with Crippen LogP contribution in [0.5, 0.6) is 0 Å². The second-order valence-corrected chi connectivity index (χ2v) is 5.38. The summed E-state index contributed by atoms with van der Waals surface area (Å²) in [6.07, 6.45) is 4.14. The Balaban J connectivity index is 2.10. The maximum atomic E-state index is 13.3. The predicted octanol–water partition coefficient (Wildman–Crippen LogP) is 3.97. The molecule has 3 heteroatoms. The van der Waals surface area contributed by atoms with Crippen molar-refractivity contribution in [1.82, 2.24) is 9.88 Å². The van der Waals surface area contributed by atoms with Gasteiger partial charge in [0.15, 0.2) is 0 Å². The van der Waals surface area contributed by atoms with Crippen molar-refractivity contribution in [3.05, 3.63) is 35.8 Å². The number of hydrogen-bond donors (Lipinski definition) is 1. The lowest BCUT2D eigenvalue weighted by Crippen LogP contribution is -2.33. The number of benzene rings is 1. The van der Waals surface area contributed by atoms with E-state index in [2.05, 4.69) is 30.7 Å². The van der Waals surface area contributed by atoms with E-state index in [0.29, 0.717) is 6.04 Å². The molecule has 0 saturated carbocycles. The number of aromatic amines is 1. The Bertz CT molecular complexity index is 531. The molecule has 0 radical (unpaired) electrons. The van der Waals surface area contributed by atoms with Gasteiger partial charge in [-0.25, -0.2) is 4.39 Å². The quantitative estimate of drug-likeness (QED) is 0.834. The van der Waals surface area contributed by atoms with Gasteiger partial charge in [0.05, 0.1) is 0 Å². The largest absolute Gasteiger partial charge is 0.361 e. The van der Waals surface area contributed by atoms with Gasteiger partial charge in [-0.05, 0) is 57.0 Å². The zero-order valence-electron chi connectivity index (χ0n) is 12.0. The van der Waals surface area contributed by atoms with E-state index in [4.69, 9.17) is 0 Å². The van der Waals surface area contributed by atoms with Gasteiger partial charge in [0.2, 0.25) is 0 Å². The maximum Gasteiger partial charge on any atom is 0.123 e. The SMILES string of the molecule is CCCN(CCc1c[nH]c2ccc(F)cc12)C(C)C. The summed E-state index contributed by atoms with van der Waals surface area (Å²) in [6, 6.07) is 5.49. The lowest BCUT2D eigenvalue weighted by Gasteiger charge is -2.25. The van der Waals surface area contributed by atoms with Crippen molar-refractivity contribution in [3.8, 4) is 0 Å². The summed E-state index contributed by atoms with van der Waals surface area (Å²) in [5, 5.41) is 1.01. The molecule has 0 fully saturated rings. The van der Waals surface area contributed by atoms with Crippen LogP contribution in [-0.4, -0.2) is 29.0 Å². The van der Waals surface area contributed by atoms with E-state index < -0.39 is 0 Å². The second-order valence-electron chi connectivity index (χ2n) is 5.38. The molecule has 1 N–H and O–H groups in total. The van der Waals surface area contributed by atoms with Crippen molar-refractivity contribution in [2.24, 2.45) is 0 Å². The van der Waals surface area contributed by atoms with Gasteiger partial charge in [0.1, 0.15) is 5.82 Å². The summed E-state index contributed by atoms with van der Waals surface area (Å²) >= 11 is 0. The average molecular weight is 262 g/mol. The van der Waals surface area contributed by atoms with Crippen molar-refractivity contribution in [2.75, 3.05) is 13.1 Å².